The maximum atomic E-state index is 12.7. The topological polar surface area (TPSA) is 75.7 Å². The number of aryl methyl sites for hydroxylation is 1. The van der Waals surface area contributed by atoms with Crippen LogP contribution in [0.25, 0.3) is 0 Å². The normalized spacial score (nSPS) is 11.1. The molecule has 8 heteroatoms. The Bertz CT molecular complexity index is 1180. The van der Waals surface area contributed by atoms with Crippen molar-refractivity contribution in [1.29, 1.82) is 0 Å². The van der Waals surface area contributed by atoms with Gasteiger partial charge in [-0.1, -0.05) is 41.4 Å². The van der Waals surface area contributed by atoms with Crippen molar-refractivity contribution in [3.63, 3.8) is 0 Å². The van der Waals surface area contributed by atoms with Gasteiger partial charge in [0.25, 0.3) is 5.91 Å². The summed E-state index contributed by atoms with van der Waals surface area (Å²) in [6.45, 7) is 2.17. The fraction of sp³-hybridized carbons (Fsp3) is 0.174. The molecule has 31 heavy (non-hydrogen) atoms. The highest BCUT2D eigenvalue weighted by Crippen LogP contribution is 2.28. The number of nitrogens with one attached hydrogen (secondary N) is 1. The van der Waals surface area contributed by atoms with E-state index in [-0.39, 0.29) is 12.5 Å². The summed E-state index contributed by atoms with van der Waals surface area (Å²) >= 11 is 6.01. The van der Waals surface area contributed by atoms with Crippen molar-refractivity contribution in [2.45, 2.75) is 13.5 Å². The fourth-order valence-electron chi connectivity index (χ4n) is 3.01. The first-order valence-electron chi connectivity index (χ1n) is 9.45. The molecule has 0 unspecified atom stereocenters. The molecule has 1 N–H and O–H groups in total. The maximum absolute atomic E-state index is 12.7. The van der Waals surface area contributed by atoms with Gasteiger partial charge in [-0.15, -0.1) is 0 Å². The molecule has 0 atom stereocenters. The van der Waals surface area contributed by atoms with Gasteiger partial charge in [-0.2, -0.15) is 0 Å². The molecule has 0 radical (unpaired) electrons. The van der Waals surface area contributed by atoms with Gasteiger partial charge in [0.2, 0.25) is 10.0 Å². The monoisotopic (exact) mass is 458 g/mol. The van der Waals surface area contributed by atoms with Crippen molar-refractivity contribution < 1.29 is 17.9 Å². The van der Waals surface area contributed by atoms with E-state index in [0.717, 1.165) is 17.4 Å². The van der Waals surface area contributed by atoms with Crippen molar-refractivity contribution in [2.75, 3.05) is 23.0 Å². The Morgan fingerprint density at radius 2 is 1.68 bits per heavy atom. The molecule has 6 nitrogen and oxygen atoms in total. The Balaban J connectivity index is 1.82. The minimum Gasteiger partial charge on any atom is -0.495 e. The molecule has 3 aromatic rings. The van der Waals surface area contributed by atoms with E-state index in [2.05, 4.69) is 5.32 Å². The van der Waals surface area contributed by atoms with E-state index in [1.807, 2.05) is 31.2 Å². The first-order chi connectivity index (χ1) is 14.7. The van der Waals surface area contributed by atoms with Crippen LogP contribution in [0.1, 0.15) is 21.5 Å². The largest absolute Gasteiger partial charge is 0.495 e. The van der Waals surface area contributed by atoms with Gasteiger partial charge in [-0.05, 0) is 55.0 Å². The van der Waals surface area contributed by atoms with E-state index < -0.39 is 10.0 Å². The second-order valence-electron chi connectivity index (χ2n) is 7.10. The van der Waals surface area contributed by atoms with E-state index >= 15 is 0 Å². The lowest BCUT2D eigenvalue weighted by Crippen LogP contribution is -2.29. The van der Waals surface area contributed by atoms with E-state index in [9.17, 15) is 13.2 Å². The van der Waals surface area contributed by atoms with Crippen molar-refractivity contribution in [3.05, 3.63) is 88.4 Å². The van der Waals surface area contributed by atoms with Gasteiger partial charge in [0, 0.05) is 10.6 Å². The second kappa shape index (κ2) is 9.41. The number of carbonyl (C=O) groups excluding carboxylic acids is 1. The summed E-state index contributed by atoms with van der Waals surface area (Å²) in [5.74, 6) is 0.118. The second-order valence-corrected chi connectivity index (χ2v) is 9.44. The van der Waals surface area contributed by atoms with Crippen LogP contribution in [0.3, 0.4) is 0 Å². The van der Waals surface area contributed by atoms with Crippen LogP contribution in [0.2, 0.25) is 5.02 Å². The molecule has 0 bridgehead atoms. The minimum absolute atomic E-state index is 0.199. The third kappa shape index (κ3) is 5.77. The number of benzene rings is 3. The summed E-state index contributed by atoms with van der Waals surface area (Å²) in [4.78, 5) is 12.7. The lowest BCUT2D eigenvalue weighted by Gasteiger charge is -2.23. The quantitative estimate of drug-likeness (QED) is 0.547. The number of sulfonamides is 1. The van der Waals surface area contributed by atoms with Crippen LogP contribution >= 0.6 is 11.6 Å². The Kier molecular flexibility index (Phi) is 6.87. The molecule has 3 aromatic carbocycles. The van der Waals surface area contributed by atoms with Crippen LogP contribution in [0.5, 0.6) is 5.75 Å². The summed E-state index contributed by atoms with van der Waals surface area (Å²) in [5, 5.41) is 3.23. The zero-order valence-corrected chi connectivity index (χ0v) is 19.0. The third-order valence-corrected chi connectivity index (χ3v) is 6.05. The summed E-state index contributed by atoms with van der Waals surface area (Å²) in [6, 6.07) is 19.0. The molecule has 0 spiro atoms. The third-order valence-electron chi connectivity index (χ3n) is 4.67. The van der Waals surface area contributed by atoms with Crippen molar-refractivity contribution in [2.24, 2.45) is 0 Å². The highest BCUT2D eigenvalue weighted by Gasteiger charge is 2.19. The molecular formula is C23H23ClN2O4S. The summed E-state index contributed by atoms with van der Waals surface area (Å²) in [7, 11) is -2.02. The molecule has 0 aliphatic carbocycles. The average Bonchev–Trinajstić information content (AvgIpc) is 2.73. The van der Waals surface area contributed by atoms with E-state index in [1.54, 1.807) is 42.5 Å². The number of amides is 1. The molecule has 0 aliphatic rings. The first kappa shape index (κ1) is 22.7. The van der Waals surface area contributed by atoms with Crippen molar-refractivity contribution in [1.82, 2.24) is 0 Å². The zero-order chi connectivity index (χ0) is 22.6. The smallest absolute Gasteiger partial charge is 0.255 e. The lowest BCUT2D eigenvalue weighted by atomic mass is 10.1. The Morgan fingerprint density at radius 1 is 1.03 bits per heavy atom. The number of rotatable bonds is 7. The van der Waals surface area contributed by atoms with Crippen LogP contribution in [0.15, 0.2) is 66.7 Å². The standard InChI is InChI=1S/C23H23ClN2O4S/c1-16-4-6-17(7-5-16)15-26(31(3,28)29)20-11-8-18(9-12-20)23(27)25-21-14-19(24)10-13-22(21)30-2/h4-14H,15H2,1-3H3,(H,25,27). The van der Waals surface area contributed by atoms with Gasteiger partial charge in [0.05, 0.1) is 31.3 Å². The molecular weight excluding hydrogens is 436 g/mol. The molecule has 0 fully saturated rings. The zero-order valence-electron chi connectivity index (χ0n) is 17.4. The molecule has 0 heterocycles. The highest BCUT2D eigenvalue weighted by atomic mass is 35.5. The first-order valence-corrected chi connectivity index (χ1v) is 11.7. The van der Waals surface area contributed by atoms with E-state index in [0.29, 0.717) is 27.7 Å². The maximum Gasteiger partial charge on any atom is 0.255 e. The number of hydrogen-bond donors (Lipinski definition) is 1. The summed E-state index contributed by atoms with van der Waals surface area (Å²) < 4.78 is 31.3. The number of hydrogen-bond acceptors (Lipinski definition) is 4. The number of ether oxygens (including phenoxy) is 1. The predicted octanol–water partition coefficient (Wildman–Crippen LogP) is 4.88. The molecule has 0 saturated heterocycles. The van der Waals surface area contributed by atoms with Crippen LogP contribution in [-0.2, 0) is 16.6 Å². The van der Waals surface area contributed by atoms with Gasteiger partial charge < -0.3 is 10.1 Å². The Morgan fingerprint density at radius 3 is 2.26 bits per heavy atom. The molecule has 0 aromatic heterocycles. The van der Waals surface area contributed by atoms with Crippen LogP contribution < -0.4 is 14.4 Å². The number of carbonyl (C=O) groups is 1. The van der Waals surface area contributed by atoms with Gasteiger partial charge >= 0.3 is 0 Å². The number of nitrogens with zero attached hydrogens (tertiary/aromatic N) is 1. The summed E-state index contributed by atoms with van der Waals surface area (Å²) in [5.41, 5.74) is 3.25. The van der Waals surface area contributed by atoms with Gasteiger partial charge in [-0.3, -0.25) is 9.10 Å². The molecule has 0 saturated carbocycles. The van der Waals surface area contributed by atoms with Crippen LogP contribution in [0, 0.1) is 6.92 Å². The van der Waals surface area contributed by atoms with E-state index in [4.69, 9.17) is 16.3 Å². The Labute approximate surface area is 187 Å². The molecule has 1 amide bonds. The average molecular weight is 459 g/mol. The molecule has 3 rings (SSSR count). The van der Waals surface area contributed by atoms with Crippen LogP contribution in [-0.4, -0.2) is 27.7 Å². The van der Waals surface area contributed by atoms with Gasteiger partial charge in [-0.25, -0.2) is 8.42 Å². The van der Waals surface area contributed by atoms with Crippen molar-refractivity contribution in [3.8, 4) is 5.75 Å². The number of anilines is 2. The Hall–Kier alpha value is -3.03. The SMILES string of the molecule is COc1ccc(Cl)cc1NC(=O)c1ccc(N(Cc2ccc(C)cc2)S(C)(=O)=O)cc1. The summed E-state index contributed by atoms with van der Waals surface area (Å²) in [6.07, 6.45) is 1.16. The highest BCUT2D eigenvalue weighted by molar-refractivity contribution is 7.92. The molecule has 0 aliphatic heterocycles. The predicted molar refractivity (Wildman–Crippen MR) is 125 cm³/mol. The minimum atomic E-state index is -3.52. The van der Waals surface area contributed by atoms with Crippen molar-refractivity contribution >= 4 is 38.9 Å². The number of halogens is 1. The van der Waals surface area contributed by atoms with Crippen LogP contribution in [0.4, 0.5) is 11.4 Å². The van der Waals surface area contributed by atoms with Gasteiger partial charge in [0.15, 0.2) is 0 Å². The fourth-order valence-corrected chi connectivity index (χ4v) is 4.07. The lowest BCUT2D eigenvalue weighted by molar-refractivity contribution is 0.102. The molecule has 162 valence electrons. The van der Waals surface area contributed by atoms with Gasteiger partial charge in [0.1, 0.15) is 5.75 Å². The van der Waals surface area contributed by atoms with E-state index in [1.165, 1.54) is 11.4 Å². The number of methoxy groups -OCH3 is 1.